The summed E-state index contributed by atoms with van der Waals surface area (Å²) in [5, 5.41) is 7.42. The summed E-state index contributed by atoms with van der Waals surface area (Å²) in [6, 6.07) is 3.89. The van der Waals surface area contributed by atoms with E-state index >= 15 is 0 Å². The Morgan fingerprint density at radius 2 is 2.35 bits per heavy atom. The van der Waals surface area contributed by atoms with Crippen molar-refractivity contribution in [2.45, 2.75) is 13.3 Å². The van der Waals surface area contributed by atoms with Crippen LogP contribution in [0.5, 0.6) is 5.88 Å². The first kappa shape index (κ1) is 11.9. The first-order chi connectivity index (χ1) is 8.38. The maximum absolute atomic E-state index is 5.31. The summed E-state index contributed by atoms with van der Waals surface area (Å²) in [5.74, 6) is 1.23. The highest BCUT2D eigenvalue weighted by Crippen LogP contribution is 2.09. The van der Waals surface area contributed by atoms with Crippen LogP contribution < -0.4 is 10.1 Å². The Morgan fingerprint density at radius 1 is 1.41 bits per heavy atom. The highest BCUT2D eigenvalue weighted by atomic mass is 32.1. The fourth-order valence-electron chi connectivity index (χ4n) is 1.41. The molecule has 0 aromatic carbocycles. The predicted molar refractivity (Wildman–Crippen MR) is 69.7 cm³/mol. The largest absolute Gasteiger partial charge is 0.478 e. The fourth-order valence-corrected chi connectivity index (χ4v) is 2.11. The molecular formula is C12H15N3OS. The van der Waals surface area contributed by atoms with Crippen LogP contribution in [0.4, 0.5) is 5.95 Å². The Hall–Kier alpha value is -1.62. The molecular weight excluding hydrogens is 234 g/mol. The van der Waals surface area contributed by atoms with Gasteiger partial charge in [-0.25, -0.2) is 4.98 Å². The van der Waals surface area contributed by atoms with Crippen molar-refractivity contribution >= 4 is 17.3 Å². The van der Waals surface area contributed by atoms with E-state index < -0.39 is 0 Å². The number of rotatable bonds is 6. The van der Waals surface area contributed by atoms with Crippen molar-refractivity contribution in [3.05, 3.63) is 34.7 Å². The molecule has 0 aliphatic carbocycles. The smallest absolute Gasteiger partial charge is 0.225 e. The van der Waals surface area contributed by atoms with E-state index in [4.69, 9.17) is 4.74 Å². The Balaban J connectivity index is 1.84. The SMILES string of the molecule is CCOc1ccnc(NCCc2ccsc2)n1. The van der Waals surface area contributed by atoms with Crippen LogP contribution in [-0.4, -0.2) is 23.1 Å². The van der Waals surface area contributed by atoms with Gasteiger partial charge in [0.25, 0.3) is 0 Å². The first-order valence-corrected chi connectivity index (χ1v) is 6.53. The molecule has 0 unspecified atom stereocenters. The van der Waals surface area contributed by atoms with E-state index in [9.17, 15) is 0 Å². The second kappa shape index (κ2) is 6.20. The van der Waals surface area contributed by atoms with Gasteiger partial charge in [-0.1, -0.05) is 0 Å². The molecule has 0 spiro atoms. The summed E-state index contributed by atoms with van der Waals surface area (Å²) in [6.07, 6.45) is 2.68. The number of anilines is 1. The molecule has 0 aliphatic heterocycles. The molecule has 0 aliphatic rings. The quantitative estimate of drug-likeness (QED) is 0.854. The maximum atomic E-state index is 5.31. The first-order valence-electron chi connectivity index (χ1n) is 5.59. The van der Waals surface area contributed by atoms with Crippen LogP contribution in [0.2, 0.25) is 0 Å². The van der Waals surface area contributed by atoms with Crippen LogP contribution in [-0.2, 0) is 6.42 Å². The topological polar surface area (TPSA) is 47.0 Å². The van der Waals surface area contributed by atoms with Gasteiger partial charge < -0.3 is 10.1 Å². The average Bonchev–Trinajstić information content (AvgIpc) is 2.83. The van der Waals surface area contributed by atoms with E-state index in [0.29, 0.717) is 18.4 Å². The van der Waals surface area contributed by atoms with E-state index in [1.807, 2.05) is 6.92 Å². The summed E-state index contributed by atoms with van der Waals surface area (Å²) in [6.45, 7) is 3.38. The van der Waals surface area contributed by atoms with Gasteiger partial charge in [-0.2, -0.15) is 16.3 Å². The van der Waals surface area contributed by atoms with Gasteiger partial charge in [0, 0.05) is 18.8 Å². The van der Waals surface area contributed by atoms with Crippen LogP contribution in [0.3, 0.4) is 0 Å². The van der Waals surface area contributed by atoms with Crippen LogP contribution >= 0.6 is 11.3 Å². The molecule has 2 rings (SSSR count). The van der Waals surface area contributed by atoms with Crippen molar-refractivity contribution in [2.24, 2.45) is 0 Å². The zero-order chi connectivity index (χ0) is 11.9. The van der Waals surface area contributed by atoms with Gasteiger partial charge in [-0.05, 0) is 35.7 Å². The molecule has 2 heterocycles. The molecule has 0 saturated heterocycles. The van der Waals surface area contributed by atoms with Crippen molar-refractivity contribution < 1.29 is 4.74 Å². The third kappa shape index (κ3) is 3.71. The minimum Gasteiger partial charge on any atom is -0.478 e. The standard InChI is InChI=1S/C12H15N3OS/c1-2-16-11-4-7-14-12(15-11)13-6-3-10-5-8-17-9-10/h4-5,7-9H,2-3,6H2,1H3,(H,13,14,15). The van der Waals surface area contributed by atoms with Crippen molar-refractivity contribution in [1.82, 2.24) is 9.97 Å². The van der Waals surface area contributed by atoms with Gasteiger partial charge in [0.2, 0.25) is 11.8 Å². The minimum atomic E-state index is 0.612. The Bertz CT molecular complexity index is 445. The van der Waals surface area contributed by atoms with Crippen molar-refractivity contribution in [3.63, 3.8) is 0 Å². The predicted octanol–water partition coefficient (Wildman–Crippen LogP) is 2.59. The lowest BCUT2D eigenvalue weighted by molar-refractivity contribution is 0.326. The van der Waals surface area contributed by atoms with Gasteiger partial charge in [0.15, 0.2) is 0 Å². The molecule has 90 valence electrons. The molecule has 4 nitrogen and oxygen atoms in total. The lowest BCUT2D eigenvalue weighted by atomic mass is 10.2. The highest BCUT2D eigenvalue weighted by molar-refractivity contribution is 7.07. The van der Waals surface area contributed by atoms with Gasteiger partial charge in [0.05, 0.1) is 6.61 Å². The zero-order valence-corrected chi connectivity index (χ0v) is 10.5. The van der Waals surface area contributed by atoms with Gasteiger partial charge in [0.1, 0.15) is 0 Å². The van der Waals surface area contributed by atoms with Crippen LogP contribution in [0, 0.1) is 0 Å². The molecule has 0 atom stereocenters. The molecule has 5 heteroatoms. The van der Waals surface area contributed by atoms with E-state index in [1.165, 1.54) is 5.56 Å². The molecule has 0 saturated carbocycles. The summed E-state index contributed by atoms with van der Waals surface area (Å²) >= 11 is 1.72. The zero-order valence-electron chi connectivity index (χ0n) is 9.72. The lowest BCUT2D eigenvalue weighted by Gasteiger charge is -2.05. The number of aromatic nitrogens is 2. The number of nitrogens with one attached hydrogen (secondary N) is 1. The third-order valence-corrected chi connectivity index (χ3v) is 2.93. The molecule has 1 N–H and O–H groups in total. The Morgan fingerprint density at radius 3 is 3.12 bits per heavy atom. The van der Waals surface area contributed by atoms with Crippen molar-refractivity contribution in [2.75, 3.05) is 18.5 Å². The fraction of sp³-hybridized carbons (Fsp3) is 0.333. The molecule has 0 fully saturated rings. The maximum Gasteiger partial charge on any atom is 0.225 e. The molecule has 2 aromatic heterocycles. The van der Waals surface area contributed by atoms with E-state index in [1.54, 1.807) is 23.6 Å². The Labute approximate surface area is 105 Å². The van der Waals surface area contributed by atoms with Crippen LogP contribution in [0.25, 0.3) is 0 Å². The molecule has 17 heavy (non-hydrogen) atoms. The number of ether oxygens (including phenoxy) is 1. The number of hydrogen-bond acceptors (Lipinski definition) is 5. The Kier molecular flexibility index (Phi) is 4.32. The normalized spacial score (nSPS) is 10.2. The monoisotopic (exact) mass is 249 g/mol. The lowest BCUT2D eigenvalue weighted by Crippen LogP contribution is -2.08. The van der Waals surface area contributed by atoms with E-state index in [0.717, 1.165) is 13.0 Å². The summed E-state index contributed by atoms with van der Waals surface area (Å²) in [4.78, 5) is 8.38. The second-order valence-corrected chi connectivity index (χ2v) is 4.24. The molecule has 0 amide bonds. The third-order valence-electron chi connectivity index (χ3n) is 2.20. The number of thiophene rings is 1. The van der Waals surface area contributed by atoms with E-state index in [2.05, 4.69) is 32.1 Å². The second-order valence-electron chi connectivity index (χ2n) is 3.46. The van der Waals surface area contributed by atoms with Crippen molar-refractivity contribution in [1.29, 1.82) is 0 Å². The van der Waals surface area contributed by atoms with Gasteiger partial charge in [-0.15, -0.1) is 0 Å². The van der Waals surface area contributed by atoms with Crippen molar-refractivity contribution in [3.8, 4) is 5.88 Å². The molecule has 2 aromatic rings. The number of nitrogens with zero attached hydrogens (tertiary/aromatic N) is 2. The minimum absolute atomic E-state index is 0.612. The number of hydrogen-bond donors (Lipinski definition) is 1. The van der Waals surface area contributed by atoms with Gasteiger partial charge in [-0.3, -0.25) is 0 Å². The van der Waals surface area contributed by atoms with Gasteiger partial charge >= 0.3 is 0 Å². The van der Waals surface area contributed by atoms with E-state index in [-0.39, 0.29) is 0 Å². The summed E-state index contributed by atoms with van der Waals surface area (Å²) < 4.78 is 5.31. The average molecular weight is 249 g/mol. The van der Waals surface area contributed by atoms with Crippen LogP contribution in [0.1, 0.15) is 12.5 Å². The molecule has 0 radical (unpaired) electrons. The molecule has 0 bridgehead atoms. The summed E-state index contributed by atoms with van der Waals surface area (Å²) in [7, 11) is 0. The summed E-state index contributed by atoms with van der Waals surface area (Å²) in [5.41, 5.74) is 1.34. The highest BCUT2D eigenvalue weighted by Gasteiger charge is 1.99. The van der Waals surface area contributed by atoms with Crippen LogP contribution in [0.15, 0.2) is 29.1 Å².